The molecule has 2 N–H and O–H groups in total. The fraction of sp³-hybridized carbons (Fsp3) is 0.538. The second-order valence-corrected chi connectivity index (χ2v) is 6.12. The van der Waals surface area contributed by atoms with Crippen molar-refractivity contribution in [1.82, 2.24) is 0 Å². The minimum atomic E-state index is -0.118. The van der Waals surface area contributed by atoms with Crippen LogP contribution in [0.15, 0.2) is 22.7 Å². The Morgan fingerprint density at radius 1 is 1.33 bits per heavy atom. The van der Waals surface area contributed by atoms with Gasteiger partial charge in [-0.05, 0) is 50.8 Å². The van der Waals surface area contributed by atoms with Crippen LogP contribution in [0.1, 0.15) is 37.8 Å². The Labute approximate surface area is 100 Å². The highest BCUT2D eigenvalue weighted by molar-refractivity contribution is 9.10. The molecule has 2 heteroatoms. The molecular formula is C13H18BrN. The highest BCUT2D eigenvalue weighted by atomic mass is 79.9. The molecule has 1 saturated carbocycles. The number of nitrogens with two attached hydrogens (primary N) is 1. The van der Waals surface area contributed by atoms with Gasteiger partial charge in [0.05, 0.1) is 0 Å². The minimum absolute atomic E-state index is 0.118. The van der Waals surface area contributed by atoms with Crippen LogP contribution in [0.5, 0.6) is 0 Å². The van der Waals surface area contributed by atoms with Crippen LogP contribution >= 0.6 is 15.9 Å². The molecule has 1 nitrogen and oxygen atoms in total. The Balaban J connectivity index is 2.43. The molecule has 0 saturated heterocycles. The molecule has 82 valence electrons. The number of hydrogen-bond acceptors (Lipinski definition) is 1. The first-order valence-corrected chi connectivity index (χ1v) is 6.22. The lowest BCUT2D eigenvalue weighted by atomic mass is 9.79. The average molecular weight is 268 g/mol. The summed E-state index contributed by atoms with van der Waals surface area (Å²) in [4.78, 5) is 0. The maximum Gasteiger partial charge on any atom is 0.0204 e. The number of aryl methyl sites for hydroxylation is 1. The van der Waals surface area contributed by atoms with E-state index in [0.717, 1.165) is 0 Å². The van der Waals surface area contributed by atoms with Crippen LogP contribution in [-0.2, 0) is 5.41 Å². The second-order valence-electron chi connectivity index (χ2n) is 5.27. The van der Waals surface area contributed by atoms with Crippen molar-refractivity contribution in [2.75, 3.05) is 0 Å². The number of rotatable bonds is 2. The van der Waals surface area contributed by atoms with Crippen LogP contribution in [-0.4, -0.2) is 5.54 Å². The quantitative estimate of drug-likeness (QED) is 0.872. The van der Waals surface area contributed by atoms with Gasteiger partial charge in [0.15, 0.2) is 0 Å². The summed E-state index contributed by atoms with van der Waals surface area (Å²) in [7, 11) is 0. The summed E-state index contributed by atoms with van der Waals surface area (Å²) in [6, 6.07) is 6.61. The standard InChI is InChI=1S/C13H18BrN/c1-9-8-10(4-5-11(9)14)13(6-7-13)12(2,3)15/h4-5,8H,6-7,15H2,1-3H3. The number of benzene rings is 1. The van der Waals surface area contributed by atoms with Crippen molar-refractivity contribution in [2.45, 2.75) is 44.6 Å². The Hall–Kier alpha value is -0.340. The van der Waals surface area contributed by atoms with Gasteiger partial charge in [0.25, 0.3) is 0 Å². The summed E-state index contributed by atoms with van der Waals surface area (Å²) in [5, 5.41) is 0. The molecule has 1 aromatic rings. The molecule has 2 rings (SSSR count). The van der Waals surface area contributed by atoms with E-state index in [2.05, 4.69) is 54.9 Å². The van der Waals surface area contributed by atoms with E-state index < -0.39 is 0 Å². The largest absolute Gasteiger partial charge is 0.325 e. The lowest BCUT2D eigenvalue weighted by molar-refractivity contribution is 0.391. The molecule has 0 atom stereocenters. The third-order valence-electron chi connectivity index (χ3n) is 3.69. The van der Waals surface area contributed by atoms with E-state index in [4.69, 9.17) is 5.73 Å². The predicted octanol–water partition coefficient (Wildman–Crippen LogP) is 3.53. The van der Waals surface area contributed by atoms with Crippen molar-refractivity contribution >= 4 is 15.9 Å². The molecule has 0 heterocycles. The molecule has 0 bridgehead atoms. The summed E-state index contributed by atoms with van der Waals surface area (Å²) >= 11 is 3.54. The summed E-state index contributed by atoms with van der Waals surface area (Å²) in [6.07, 6.45) is 2.44. The summed E-state index contributed by atoms with van der Waals surface area (Å²) in [6.45, 7) is 6.40. The van der Waals surface area contributed by atoms with Gasteiger partial charge in [0, 0.05) is 15.4 Å². The fourth-order valence-electron chi connectivity index (χ4n) is 2.37. The molecule has 0 amide bonds. The first-order valence-electron chi connectivity index (χ1n) is 5.42. The van der Waals surface area contributed by atoms with Gasteiger partial charge in [0.1, 0.15) is 0 Å². The normalized spacial score (nSPS) is 19.0. The highest BCUT2D eigenvalue weighted by Gasteiger charge is 2.53. The monoisotopic (exact) mass is 267 g/mol. The zero-order chi connectivity index (χ0) is 11.3. The zero-order valence-corrected chi connectivity index (χ0v) is 11.2. The van der Waals surface area contributed by atoms with Crippen molar-refractivity contribution in [3.8, 4) is 0 Å². The van der Waals surface area contributed by atoms with Crippen molar-refractivity contribution in [2.24, 2.45) is 5.73 Å². The zero-order valence-electron chi connectivity index (χ0n) is 9.60. The predicted molar refractivity (Wildman–Crippen MR) is 68.1 cm³/mol. The van der Waals surface area contributed by atoms with Gasteiger partial charge in [-0.2, -0.15) is 0 Å². The second kappa shape index (κ2) is 3.33. The molecule has 1 aromatic carbocycles. The van der Waals surface area contributed by atoms with Crippen molar-refractivity contribution in [3.63, 3.8) is 0 Å². The van der Waals surface area contributed by atoms with Crippen molar-refractivity contribution < 1.29 is 0 Å². The number of halogens is 1. The molecule has 15 heavy (non-hydrogen) atoms. The number of hydrogen-bond donors (Lipinski definition) is 1. The van der Waals surface area contributed by atoms with E-state index in [1.54, 1.807) is 0 Å². The van der Waals surface area contributed by atoms with Crippen LogP contribution < -0.4 is 5.73 Å². The molecule has 1 aliphatic carbocycles. The third-order valence-corrected chi connectivity index (χ3v) is 4.58. The van der Waals surface area contributed by atoms with E-state index >= 15 is 0 Å². The highest BCUT2D eigenvalue weighted by Crippen LogP contribution is 2.54. The topological polar surface area (TPSA) is 26.0 Å². The Bertz CT molecular complexity index is 386. The van der Waals surface area contributed by atoms with Gasteiger partial charge in [-0.3, -0.25) is 0 Å². The van der Waals surface area contributed by atoms with Crippen molar-refractivity contribution in [1.29, 1.82) is 0 Å². The average Bonchev–Trinajstić information content (AvgIpc) is 2.88. The molecule has 0 radical (unpaired) electrons. The lowest BCUT2D eigenvalue weighted by Gasteiger charge is -2.31. The van der Waals surface area contributed by atoms with Gasteiger partial charge < -0.3 is 5.73 Å². The summed E-state index contributed by atoms with van der Waals surface area (Å²) in [5.41, 5.74) is 9.08. The third kappa shape index (κ3) is 1.74. The maximum absolute atomic E-state index is 6.28. The van der Waals surface area contributed by atoms with Crippen LogP contribution in [0.25, 0.3) is 0 Å². The maximum atomic E-state index is 6.28. The molecule has 0 aliphatic heterocycles. The molecule has 1 aliphatic rings. The Kier molecular flexibility index (Phi) is 2.47. The van der Waals surface area contributed by atoms with Gasteiger partial charge in [-0.1, -0.05) is 28.1 Å². The molecule has 0 aromatic heterocycles. The van der Waals surface area contributed by atoms with Crippen LogP contribution in [0.4, 0.5) is 0 Å². The first-order chi connectivity index (χ1) is 6.87. The molecule has 1 fully saturated rings. The van der Waals surface area contributed by atoms with E-state index in [0.29, 0.717) is 0 Å². The summed E-state index contributed by atoms with van der Waals surface area (Å²) in [5.74, 6) is 0. The lowest BCUT2D eigenvalue weighted by Crippen LogP contribution is -2.45. The van der Waals surface area contributed by atoms with E-state index in [1.165, 1.54) is 28.4 Å². The van der Waals surface area contributed by atoms with Crippen molar-refractivity contribution in [3.05, 3.63) is 33.8 Å². The minimum Gasteiger partial charge on any atom is -0.325 e. The molecule has 0 spiro atoms. The van der Waals surface area contributed by atoms with Gasteiger partial charge in [0.2, 0.25) is 0 Å². The van der Waals surface area contributed by atoms with Crippen LogP contribution in [0, 0.1) is 6.92 Å². The SMILES string of the molecule is Cc1cc(C2(C(C)(C)N)CC2)ccc1Br. The van der Waals surface area contributed by atoms with Gasteiger partial charge in [-0.25, -0.2) is 0 Å². The molecular weight excluding hydrogens is 250 g/mol. The van der Waals surface area contributed by atoms with E-state index in [9.17, 15) is 0 Å². The van der Waals surface area contributed by atoms with Crippen LogP contribution in [0.2, 0.25) is 0 Å². The van der Waals surface area contributed by atoms with E-state index in [-0.39, 0.29) is 11.0 Å². The Morgan fingerprint density at radius 3 is 2.33 bits per heavy atom. The first kappa shape index (κ1) is 11.2. The van der Waals surface area contributed by atoms with Gasteiger partial charge in [-0.15, -0.1) is 0 Å². The van der Waals surface area contributed by atoms with E-state index in [1.807, 2.05) is 0 Å². The molecule has 0 unspecified atom stereocenters. The fourth-order valence-corrected chi connectivity index (χ4v) is 2.62. The van der Waals surface area contributed by atoms with Crippen LogP contribution in [0.3, 0.4) is 0 Å². The Morgan fingerprint density at radius 2 is 1.93 bits per heavy atom. The smallest absolute Gasteiger partial charge is 0.0204 e. The van der Waals surface area contributed by atoms with Gasteiger partial charge >= 0.3 is 0 Å². The summed E-state index contributed by atoms with van der Waals surface area (Å²) < 4.78 is 1.18.